The Balaban J connectivity index is 0.630. The van der Waals surface area contributed by atoms with Crippen LogP contribution in [0.25, 0.3) is 120 Å². The molecule has 0 bridgehead atoms. The van der Waals surface area contributed by atoms with Gasteiger partial charge in [0.1, 0.15) is 28.3 Å². The van der Waals surface area contributed by atoms with Crippen molar-refractivity contribution < 1.29 is 13.3 Å². The van der Waals surface area contributed by atoms with Gasteiger partial charge in [0.25, 0.3) is 0 Å². The molecule has 570 valence electrons. The van der Waals surface area contributed by atoms with Crippen molar-refractivity contribution in [3.05, 3.63) is 469 Å². The molecule has 2 spiro atoms. The lowest BCUT2D eigenvalue weighted by Crippen LogP contribution is -2.26. The van der Waals surface area contributed by atoms with Gasteiger partial charge in [0.2, 0.25) is 0 Å². The minimum absolute atomic E-state index is 0.781. The topological polar surface area (TPSA) is 52.4 Å². The van der Waals surface area contributed by atoms with Crippen molar-refractivity contribution in [1.29, 1.82) is 0 Å². The van der Waals surface area contributed by atoms with E-state index in [-0.39, 0.29) is 0 Å². The second-order valence-corrected chi connectivity index (χ2v) is 33.4. The molecule has 22 aromatic rings. The monoisotopic (exact) mass is 1570 g/mol. The number of anilines is 12. The molecule has 0 saturated carbocycles. The number of benzene rings is 18. The predicted octanol–water partition coefficient (Wildman–Crippen LogP) is 31.7. The second-order valence-electron chi connectivity index (χ2n) is 32.4. The minimum atomic E-state index is -0.811. The summed E-state index contributed by atoms with van der Waals surface area (Å²) in [5.74, 6) is 1.79. The number of furan rings is 3. The maximum absolute atomic E-state index is 7.46. The highest BCUT2D eigenvalue weighted by Gasteiger charge is 2.57. The molecule has 18 aromatic carbocycles. The Morgan fingerprint density at radius 1 is 0.213 bits per heavy atom. The fourth-order valence-corrected chi connectivity index (χ4v) is 22.6. The summed E-state index contributed by atoms with van der Waals surface area (Å²) in [6.45, 7) is 0. The van der Waals surface area contributed by atoms with Crippen molar-refractivity contribution >= 4 is 144 Å². The molecule has 0 saturated heterocycles. The van der Waals surface area contributed by atoms with Crippen molar-refractivity contribution in [2.45, 2.75) is 10.8 Å². The smallest absolute Gasteiger partial charge is 0.159 e. The van der Waals surface area contributed by atoms with Gasteiger partial charge in [0.15, 0.2) is 5.58 Å². The third-order valence-electron chi connectivity index (χ3n) is 26.2. The Morgan fingerprint density at radius 2 is 0.566 bits per heavy atom. The van der Waals surface area contributed by atoms with Crippen LogP contribution in [-0.4, -0.2) is 0 Å². The summed E-state index contributed by atoms with van der Waals surface area (Å²) in [5, 5.41) is 6.76. The molecule has 4 aliphatic rings. The van der Waals surface area contributed by atoms with Crippen LogP contribution in [0.15, 0.2) is 438 Å². The highest BCUT2D eigenvalue weighted by atomic mass is 32.1. The van der Waals surface area contributed by atoms with Crippen LogP contribution in [0.1, 0.15) is 44.5 Å². The third-order valence-corrected chi connectivity index (χ3v) is 27.4. The van der Waals surface area contributed by atoms with Gasteiger partial charge < -0.3 is 32.9 Å². The van der Waals surface area contributed by atoms with Gasteiger partial charge in [-0.1, -0.05) is 255 Å². The molecule has 2 unspecified atom stereocenters. The van der Waals surface area contributed by atoms with Gasteiger partial charge in [0, 0.05) is 116 Å². The van der Waals surface area contributed by atoms with E-state index in [0.29, 0.717) is 0 Å². The van der Waals surface area contributed by atoms with Crippen molar-refractivity contribution in [2.24, 2.45) is 0 Å². The zero-order chi connectivity index (χ0) is 79.9. The fourth-order valence-electron chi connectivity index (χ4n) is 21.4. The zero-order valence-electron chi connectivity index (χ0n) is 65.8. The molecule has 8 heteroatoms. The maximum atomic E-state index is 7.46. The van der Waals surface area contributed by atoms with Crippen LogP contribution in [0.3, 0.4) is 0 Å². The van der Waals surface area contributed by atoms with Crippen LogP contribution in [0, 0.1) is 0 Å². The first kappa shape index (κ1) is 68.3. The highest BCUT2D eigenvalue weighted by molar-refractivity contribution is 7.26. The van der Waals surface area contributed by atoms with E-state index < -0.39 is 10.8 Å². The average molecular weight is 1580 g/mol. The Labute approximate surface area is 707 Å². The van der Waals surface area contributed by atoms with Gasteiger partial charge in [-0.05, 0) is 237 Å². The number of rotatable bonds is 13. The first-order valence-electron chi connectivity index (χ1n) is 41.8. The van der Waals surface area contributed by atoms with Gasteiger partial charge in [-0.2, -0.15) is 0 Å². The van der Waals surface area contributed by atoms with E-state index in [1.807, 2.05) is 11.3 Å². The van der Waals surface area contributed by atoms with Gasteiger partial charge in [-0.15, -0.1) is 11.3 Å². The quantitative estimate of drug-likeness (QED) is 0.114. The van der Waals surface area contributed by atoms with E-state index >= 15 is 0 Å². The zero-order valence-corrected chi connectivity index (χ0v) is 66.7. The normalized spacial score (nSPS) is 14.8. The van der Waals surface area contributed by atoms with Crippen LogP contribution < -0.4 is 19.6 Å². The average Bonchev–Trinajstić information content (AvgIpc) is 1.50. The summed E-state index contributed by atoms with van der Waals surface area (Å²) in [4.78, 5) is 9.68. The van der Waals surface area contributed by atoms with Gasteiger partial charge in [0.05, 0.1) is 26.9 Å². The standard InChI is InChI=1S/C114H70N4O3S/c1-6-31-72(32-7-1)115(73-33-8-2-9-34-73)78-60-64-89-98(67-78)113(107-91-45-18-23-54-102(91)119-110(89)107)94-50-21-16-42-83(94)85-62-58-80(69-96(85)113)117(75-37-12-4-13-38-75)100-52-28-49-93-106-82(47-29-56-104(106)121-109(93)100)71-30-26-41-77(66-71)116(74-35-10-3-11-36-74)79-61-65-90-99(68-79)114(108-92-46-19-24-55-103(92)120-111(90)108)95-51-22-17-43-84(95)86-63-59-81(70-97(86)114)118(76-39-14-5-15-40-76)101-53-27-48-88-87-44-20-25-57-105(87)122-112(88)101/h1-70H. The van der Waals surface area contributed by atoms with E-state index in [1.54, 1.807) is 0 Å². The number of nitrogens with zero attached hydrogens (tertiary/aromatic N) is 4. The van der Waals surface area contributed by atoms with Crippen molar-refractivity contribution in [2.75, 3.05) is 19.6 Å². The van der Waals surface area contributed by atoms with E-state index in [1.165, 1.54) is 81.4 Å². The summed E-state index contributed by atoms with van der Waals surface area (Å²) >= 11 is 1.86. The van der Waals surface area contributed by atoms with Crippen LogP contribution in [0.2, 0.25) is 0 Å². The van der Waals surface area contributed by atoms with Crippen molar-refractivity contribution in [3.8, 4) is 56.0 Å². The second kappa shape index (κ2) is 26.4. The molecular formula is C114H70N4O3S. The molecule has 4 heterocycles. The summed E-state index contributed by atoms with van der Waals surface area (Å²) in [5.41, 5.74) is 32.7. The van der Waals surface area contributed by atoms with Crippen LogP contribution >= 0.6 is 11.3 Å². The Kier molecular flexibility index (Phi) is 14.8. The molecule has 7 nitrogen and oxygen atoms in total. The molecule has 0 N–H and O–H groups in total. The first-order valence-corrected chi connectivity index (χ1v) is 42.6. The fraction of sp³-hybridized carbons (Fsp3) is 0.0175. The van der Waals surface area contributed by atoms with Crippen LogP contribution in [0.4, 0.5) is 68.2 Å². The van der Waals surface area contributed by atoms with Crippen LogP contribution in [-0.2, 0) is 10.8 Å². The Hall–Kier alpha value is -15.7. The summed E-state index contributed by atoms with van der Waals surface area (Å²) in [7, 11) is 0. The Morgan fingerprint density at radius 3 is 1.10 bits per heavy atom. The number of fused-ring (bicyclic) bond motifs is 30. The number of thiophene rings is 1. The lowest BCUT2D eigenvalue weighted by atomic mass is 9.70. The lowest BCUT2D eigenvalue weighted by molar-refractivity contribution is 0.628. The number of para-hydroxylation sites is 8. The Bertz CT molecular complexity index is 8030. The maximum Gasteiger partial charge on any atom is 0.159 e. The molecule has 0 radical (unpaired) electrons. The molecule has 0 amide bonds. The number of hydrogen-bond donors (Lipinski definition) is 0. The lowest BCUT2D eigenvalue weighted by Gasteiger charge is -2.33. The molecule has 4 aliphatic carbocycles. The summed E-state index contributed by atoms with van der Waals surface area (Å²) in [6, 6.07) is 156. The summed E-state index contributed by atoms with van der Waals surface area (Å²) < 4.78 is 24.4. The van der Waals surface area contributed by atoms with E-state index in [4.69, 9.17) is 13.3 Å². The largest absolute Gasteiger partial charge is 0.456 e. The molecule has 122 heavy (non-hydrogen) atoms. The van der Waals surface area contributed by atoms with Gasteiger partial charge >= 0.3 is 0 Å². The molecule has 0 fully saturated rings. The van der Waals surface area contributed by atoms with Crippen LogP contribution in [0.5, 0.6) is 0 Å². The highest BCUT2D eigenvalue weighted by Crippen LogP contribution is 2.69. The van der Waals surface area contributed by atoms with E-state index in [9.17, 15) is 0 Å². The van der Waals surface area contributed by atoms with Gasteiger partial charge in [-0.3, -0.25) is 0 Å². The predicted molar refractivity (Wildman–Crippen MR) is 503 cm³/mol. The van der Waals surface area contributed by atoms with E-state index in [2.05, 4.69) is 444 Å². The SMILES string of the molecule is c1ccc(N(c2ccccc2)c2ccc3c(c2)C2(c4ccccc4-c4ccc(N(c5ccccc5)c5cccc6c5oc5cccc(-c7cccc(N(c8ccccc8)c8ccc9c(c8)C8(c%10ccccc%10-c%10ccc(N(c%11ccccc%11)c%11cccc%12c%11sc%11ccccc%11%12)cc%108)c8c-9oc9ccccc89)c7)c56)cc42)c2c-3oc3ccccc23)cc1. The van der Waals surface area contributed by atoms with Gasteiger partial charge in [-0.25, -0.2) is 0 Å². The minimum Gasteiger partial charge on any atom is -0.456 e. The first-order chi connectivity index (χ1) is 60.5. The number of hydrogen-bond acceptors (Lipinski definition) is 8. The van der Waals surface area contributed by atoms with Crippen molar-refractivity contribution in [3.63, 3.8) is 0 Å². The van der Waals surface area contributed by atoms with E-state index in [0.717, 1.165) is 151 Å². The molecule has 26 rings (SSSR count). The third kappa shape index (κ3) is 9.66. The molecule has 2 atom stereocenters. The molecular weight excluding hydrogens is 1510 g/mol. The summed E-state index contributed by atoms with van der Waals surface area (Å²) in [6.07, 6.45) is 0. The molecule has 0 aliphatic heterocycles. The molecule has 4 aromatic heterocycles. The van der Waals surface area contributed by atoms with Crippen molar-refractivity contribution in [1.82, 2.24) is 0 Å².